The van der Waals surface area contributed by atoms with Crippen LogP contribution in [0.2, 0.25) is 0 Å². The van der Waals surface area contributed by atoms with E-state index < -0.39 is 5.97 Å². The van der Waals surface area contributed by atoms with Gasteiger partial charge in [-0.05, 0) is 13.0 Å². The van der Waals surface area contributed by atoms with E-state index in [-0.39, 0.29) is 12.3 Å². The van der Waals surface area contributed by atoms with Crippen LogP contribution in [0.3, 0.4) is 0 Å². The highest BCUT2D eigenvalue weighted by Crippen LogP contribution is 1.96. The van der Waals surface area contributed by atoms with Gasteiger partial charge in [-0.2, -0.15) is 0 Å². The van der Waals surface area contributed by atoms with E-state index in [9.17, 15) is 4.79 Å². The van der Waals surface area contributed by atoms with Gasteiger partial charge in [0.05, 0.1) is 19.3 Å². The minimum atomic E-state index is -1.07. The van der Waals surface area contributed by atoms with E-state index >= 15 is 0 Å². The molecule has 1 aromatic heterocycles. The second-order valence-corrected chi connectivity index (χ2v) is 3.74. The quantitative estimate of drug-likeness (QED) is 0.649. The van der Waals surface area contributed by atoms with E-state index in [0.717, 1.165) is 19.5 Å². The third kappa shape index (κ3) is 4.49. The summed E-state index contributed by atoms with van der Waals surface area (Å²) in [6.45, 7) is 5.01. The summed E-state index contributed by atoms with van der Waals surface area (Å²) in [7, 11) is 0. The van der Waals surface area contributed by atoms with Crippen molar-refractivity contribution >= 4 is 5.97 Å². The highest BCUT2D eigenvalue weighted by Gasteiger charge is 2.09. The van der Waals surface area contributed by atoms with Crippen LogP contribution in [0.5, 0.6) is 0 Å². The molecule has 0 saturated carbocycles. The van der Waals surface area contributed by atoms with Crippen LogP contribution in [0.25, 0.3) is 0 Å². The van der Waals surface area contributed by atoms with Gasteiger partial charge in [0.15, 0.2) is 5.69 Å². The first-order valence-electron chi connectivity index (χ1n) is 5.64. The molecule has 96 valence electrons. The third-order valence-corrected chi connectivity index (χ3v) is 2.36. The highest BCUT2D eigenvalue weighted by atomic mass is 16.4. The lowest BCUT2D eigenvalue weighted by molar-refractivity contribution is 0.0690. The second kappa shape index (κ2) is 6.97. The molecule has 17 heavy (non-hydrogen) atoms. The maximum atomic E-state index is 10.6. The molecule has 0 aromatic carbocycles. The molecule has 0 amide bonds. The summed E-state index contributed by atoms with van der Waals surface area (Å²) in [5.74, 6) is -1.07. The number of carboxylic acid groups (broad SMARTS) is 1. The zero-order chi connectivity index (χ0) is 12.7. The lowest BCUT2D eigenvalue weighted by Crippen LogP contribution is -2.31. The van der Waals surface area contributed by atoms with Crippen LogP contribution in [0.1, 0.15) is 23.8 Å². The number of rotatable bonds is 8. The smallest absolute Gasteiger partial charge is 0.358 e. The fraction of sp³-hybridized carbons (Fsp3) is 0.700. The summed E-state index contributed by atoms with van der Waals surface area (Å²) >= 11 is 0. The van der Waals surface area contributed by atoms with Gasteiger partial charge in [0.1, 0.15) is 0 Å². The maximum Gasteiger partial charge on any atom is 0.358 e. The van der Waals surface area contributed by atoms with Crippen molar-refractivity contribution in [3.8, 4) is 0 Å². The molecule has 0 aliphatic heterocycles. The summed E-state index contributed by atoms with van der Waals surface area (Å²) in [6, 6.07) is 0. The number of hydrogen-bond donors (Lipinski definition) is 2. The van der Waals surface area contributed by atoms with Gasteiger partial charge >= 0.3 is 5.97 Å². The fourth-order valence-electron chi connectivity index (χ4n) is 1.54. The Morgan fingerprint density at radius 1 is 1.47 bits per heavy atom. The Labute approximate surface area is 99.7 Å². The maximum absolute atomic E-state index is 10.6. The topological polar surface area (TPSA) is 91.5 Å². The summed E-state index contributed by atoms with van der Waals surface area (Å²) in [4.78, 5) is 12.7. The van der Waals surface area contributed by atoms with Crippen molar-refractivity contribution in [3.05, 3.63) is 11.9 Å². The van der Waals surface area contributed by atoms with E-state index in [1.807, 2.05) is 0 Å². The van der Waals surface area contributed by atoms with Crippen LogP contribution in [-0.4, -0.2) is 62.3 Å². The molecule has 1 heterocycles. The van der Waals surface area contributed by atoms with Crippen LogP contribution in [-0.2, 0) is 6.54 Å². The summed E-state index contributed by atoms with van der Waals surface area (Å²) in [6.07, 6.45) is 2.42. The number of hydrogen-bond acceptors (Lipinski definition) is 5. The van der Waals surface area contributed by atoms with Crippen molar-refractivity contribution in [1.82, 2.24) is 19.9 Å². The zero-order valence-electron chi connectivity index (χ0n) is 9.91. The Morgan fingerprint density at radius 3 is 2.76 bits per heavy atom. The normalized spacial score (nSPS) is 11.0. The number of nitrogens with zero attached hydrogens (tertiary/aromatic N) is 4. The molecule has 7 heteroatoms. The third-order valence-electron chi connectivity index (χ3n) is 2.36. The molecule has 0 spiro atoms. The number of aromatic nitrogens is 3. The van der Waals surface area contributed by atoms with Crippen molar-refractivity contribution in [2.24, 2.45) is 0 Å². The molecule has 0 fully saturated rings. The van der Waals surface area contributed by atoms with E-state index in [1.165, 1.54) is 10.9 Å². The molecule has 0 aliphatic carbocycles. The van der Waals surface area contributed by atoms with Gasteiger partial charge in [-0.3, -0.25) is 9.58 Å². The second-order valence-electron chi connectivity index (χ2n) is 3.74. The SMILES string of the molecule is CCCN(CCO)CCn1cc(C(=O)O)nn1. The van der Waals surface area contributed by atoms with Crippen LogP contribution in [0.4, 0.5) is 0 Å². The fourth-order valence-corrected chi connectivity index (χ4v) is 1.54. The van der Waals surface area contributed by atoms with E-state index in [2.05, 4.69) is 22.1 Å². The van der Waals surface area contributed by atoms with Gasteiger partial charge in [0.2, 0.25) is 0 Å². The van der Waals surface area contributed by atoms with Crippen molar-refractivity contribution in [3.63, 3.8) is 0 Å². The van der Waals surface area contributed by atoms with Gasteiger partial charge in [-0.15, -0.1) is 5.10 Å². The van der Waals surface area contributed by atoms with E-state index in [1.54, 1.807) is 0 Å². The zero-order valence-corrected chi connectivity index (χ0v) is 9.91. The standard InChI is InChI=1S/C10H18N4O3/c1-2-3-13(6-7-15)4-5-14-8-9(10(16)17)11-12-14/h8,15H,2-7H2,1H3,(H,16,17). The predicted molar refractivity (Wildman–Crippen MR) is 60.8 cm³/mol. The minimum Gasteiger partial charge on any atom is -0.476 e. The molecular formula is C10H18N4O3. The molecule has 2 N–H and O–H groups in total. The first-order chi connectivity index (χ1) is 8.17. The van der Waals surface area contributed by atoms with Crippen LogP contribution >= 0.6 is 0 Å². The molecule has 0 saturated heterocycles. The van der Waals surface area contributed by atoms with Gasteiger partial charge in [0.25, 0.3) is 0 Å². The first-order valence-corrected chi connectivity index (χ1v) is 5.64. The number of aliphatic hydroxyl groups is 1. The van der Waals surface area contributed by atoms with Crippen molar-refractivity contribution < 1.29 is 15.0 Å². The average molecular weight is 242 g/mol. The first kappa shape index (κ1) is 13.6. The molecule has 0 unspecified atom stereocenters. The Bertz CT molecular complexity index is 347. The molecular weight excluding hydrogens is 224 g/mol. The number of aromatic carboxylic acids is 1. The number of carbonyl (C=O) groups is 1. The summed E-state index contributed by atoms with van der Waals surface area (Å²) in [5.41, 5.74) is -0.0470. The molecule has 0 radical (unpaired) electrons. The molecule has 0 bridgehead atoms. The van der Waals surface area contributed by atoms with Gasteiger partial charge in [0, 0.05) is 13.1 Å². The van der Waals surface area contributed by atoms with Crippen molar-refractivity contribution in [1.29, 1.82) is 0 Å². The van der Waals surface area contributed by atoms with Crippen molar-refractivity contribution in [2.45, 2.75) is 19.9 Å². The van der Waals surface area contributed by atoms with Crippen molar-refractivity contribution in [2.75, 3.05) is 26.2 Å². The van der Waals surface area contributed by atoms with Crippen LogP contribution in [0, 0.1) is 0 Å². The van der Waals surface area contributed by atoms with E-state index in [4.69, 9.17) is 10.2 Å². The van der Waals surface area contributed by atoms with Gasteiger partial charge in [-0.1, -0.05) is 12.1 Å². The highest BCUT2D eigenvalue weighted by molar-refractivity contribution is 5.84. The Balaban J connectivity index is 2.44. The molecule has 1 rings (SSSR count). The number of carboxylic acids is 1. The largest absolute Gasteiger partial charge is 0.476 e. The average Bonchev–Trinajstić information content (AvgIpc) is 2.75. The van der Waals surface area contributed by atoms with Crippen LogP contribution in [0.15, 0.2) is 6.20 Å². The van der Waals surface area contributed by atoms with E-state index in [0.29, 0.717) is 13.1 Å². The lowest BCUT2D eigenvalue weighted by atomic mass is 10.4. The Morgan fingerprint density at radius 2 is 2.24 bits per heavy atom. The van der Waals surface area contributed by atoms with Gasteiger partial charge in [-0.25, -0.2) is 4.79 Å². The summed E-state index contributed by atoms with van der Waals surface area (Å²) < 4.78 is 1.50. The summed E-state index contributed by atoms with van der Waals surface area (Å²) in [5, 5.41) is 24.8. The molecule has 0 aliphatic rings. The molecule has 7 nitrogen and oxygen atoms in total. The van der Waals surface area contributed by atoms with Gasteiger partial charge < -0.3 is 10.2 Å². The van der Waals surface area contributed by atoms with Crippen LogP contribution < -0.4 is 0 Å². The lowest BCUT2D eigenvalue weighted by Gasteiger charge is -2.19. The number of aliphatic hydroxyl groups excluding tert-OH is 1. The molecule has 0 atom stereocenters. The monoisotopic (exact) mass is 242 g/mol. The Hall–Kier alpha value is -1.47. The molecule has 1 aromatic rings. The predicted octanol–water partition coefficient (Wildman–Crippen LogP) is -0.319. The minimum absolute atomic E-state index is 0.0470. The Kier molecular flexibility index (Phi) is 5.58.